The number of rotatable bonds is 13. The van der Waals surface area contributed by atoms with E-state index in [2.05, 4.69) is 25.5 Å². The Morgan fingerprint density at radius 3 is 2.23 bits per heavy atom. The molecule has 0 unspecified atom stereocenters. The number of nitrogens with one attached hydrogen (secondary N) is 1. The van der Waals surface area contributed by atoms with Gasteiger partial charge >= 0.3 is 0 Å². The molecule has 4 aromatic carbocycles. The first-order chi connectivity index (χ1) is 22.7. The molecule has 0 aliphatic carbocycles. The lowest BCUT2D eigenvalue weighted by atomic mass is 10.1. The van der Waals surface area contributed by atoms with Crippen LogP contribution < -0.4 is 19.1 Å². The maximum Gasteiger partial charge on any atom is 0.229 e. The Bertz CT molecular complexity index is 2020. The highest BCUT2D eigenvalue weighted by Crippen LogP contribution is 2.32. The predicted molar refractivity (Wildman–Crippen MR) is 183 cm³/mol. The number of benzene rings is 4. The molecule has 0 spiro atoms. The number of aromatic nitrogens is 1. The molecule has 1 aromatic heterocycles. The van der Waals surface area contributed by atoms with Crippen molar-refractivity contribution in [3.05, 3.63) is 149 Å². The highest BCUT2D eigenvalue weighted by molar-refractivity contribution is 7.92. The van der Waals surface area contributed by atoms with Crippen LogP contribution in [0, 0.1) is 24.8 Å². The summed E-state index contributed by atoms with van der Waals surface area (Å²) in [6.07, 6.45) is 5.35. The number of hydrogen-bond acceptors (Lipinski definition) is 7. The summed E-state index contributed by atoms with van der Waals surface area (Å²) >= 11 is 0. The molecule has 0 amide bonds. The van der Waals surface area contributed by atoms with Gasteiger partial charge < -0.3 is 14.4 Å². The molecule has 0 saturated carbocycles. The van der Waals surface area contributed by atoms with Crippen molar-refractivity contribution < 1.29 is 17.9 Å². The van der Waals surface area contributed by atoms with Crippen LogP contribution in [-0.2, 0) is 29.5 Å². The van der Waals surface area contributed by atoms with Gasteiger partial charge in [0.1, 0.15) is 17.2 Å². The molecule has 0 saturated heterocycles. The fraction of sp³-hybridized carbons (Fsp3) is 0.162. The number of hydrogen-bond donors (Lipinski definition) is 1. The van der Waals surface area contributed by atoms with E-state index >= 15 is 0 Å². The second kappa shape index (κ2) is 15.0. The SMILES string of the molecule is [C-]#[N+]c1ccc(CN(Cc2ccc(Oc3cc(C#N)cc(OCCc4cccnc4)c3)cc2)c2cccc(NS(C)(=O)=O)c2C)cc1. The fourth-order valence-corrected chi connectivity index (χ4v) is 5.65. The monoisotopic (exact) mass is 643 g/mol. The largest absolute Gasteiger partial charge is 0.493 e. The van der Waals surface area contributed by atoms with Crippen molar-refractivity contribution >= 4 is 27.1 Å². The molecular weight excluding hydrogens is 611 g/mol. The minimum atomic E-state index is -3.46. The second-order valence-corrected chi connectivity index (χ2v) is 12.7. The summed E-state index contributed by atoms with van der Waals surface area (Å²) in [5, 5.41) is 9.57. The number of anilines is 2. The third-order valence-electron chi connectivity index (χ3n) is 7.30. The van der Waals surface area contributed by atoms with Gasteiger partial charge in [-0.3, -0.25) is 9.71 Å². The molecule has 5 rings (SSSR count). The van der Waals surface area contributed by atoms with Gasteiger partial charge in [0.05, 0.1) is 36.8 Å². The average Bonchev–Trinajstić information content (AvgIpc) is 3.06. The number of sulfonamides is 1. The molecule has 0 aliphatic heterocycles. The summed E-state index contributed by atoms with van der Waals surface area (Å²) in [5.41, 5.74) is 6.25. The lowest BCUT2D eigenvalue weighted by molar-refractivity contribution is 0.320. The first-order valence-electron chi connectivity index (χ1n) is 14.8. The summed E-state index contributed by atoms with van der Waals surface area (Å²) in [6.45, 7) is 10.6. The highest BCUT2D eigenvalue weighted by Gasteiger charge is 2.16. The molecular formula is C37H33N5O4S. The van der Waals surface area contributed by atoms with Crippen molar-refractivity contribution in [2.45, 2.75) is 26.4 Å². The van der Waals surface area contributed by atoms with E-state index in [0.29, 0.717) is 60.3 Å². The van der Waals surface area contributed by atoms with Crippen LogP contribution in [0.15, 0.2) is 109 Å². The van der Waals surface area contributed by atoms with Crippen molar-refractivity contribution in [3.8, 4) is 23.3 Å². The Morgan fingerprint density at radius 2 is 1.60 bits per heavy atom. The molecule has 0 bridgehead atoms. The minimum absolute atomic E-state index is 0.429. The van der Waals surface area contributed by atoms with E-state index in [0.717, 1.165) is 34.2 Å². The smallest absolute Gasteiger partial charge is 0.229 e. The van der Waals surface area contributed by atoms with Crippen molar-refractivity contribution in [2.24, 2.45) is 0 Å². The summed E-state index contributed by atoms with van der Waals surface area (Å²) in [4.78, 5) is 9.78. The molecule has 10 heteroatoms. The number of pyridine rings is 1. The standard InChI is InChI=1S/C37H33N5O4S/c1-27-36(41-47(3,43)44)7-4-8-37(27)42(25-29-9-13-32(39-2)14-10-29)26-30-11-15-33(16-12-30)46-35-21-31(23-38)20-34(22-35)45-19-17-28-6-5-18-40-24-28/h4-16,18,20-22,24,41H,17,19,25-26H2,1,3H3. The number of ether oxygens (including phenoxy) is 2. The summed E-state index contributed by atoms with van der Waals surface area (Å²) in [7, 11) is -3.46. The van der Waals surface area contributed by atoms with Crippen molar-refractivity contribution in [3.63, 3.8) is 0 Å². The molecule has 0 atom stereocenters. The molecule has 0 fully saturated rings. The van der Waals surface area contributed by atoms with Gasteiger partial charge in [0.2, 0.25) is 10.0 Å². The first kappa shape index (κ1) is 32.6. The van der Waals surface area contributed by atoms with Gasteiger partial charge in [-0.2, -0.15) is 5.26 Å². The third-order valence-corrected chi connectivity index (χ3v) is 7.89. The van der Waals surface area contributed by atoms with Crippen molar-refractivity contribution in [2.75, 3.05) is 22.5 Å². The zero-order valence-electron chi connectivity index (χ0n) is 26.1. The normalized spacial score (nSPS) is 10.8. The van der Waals surface area contributed by atoms with Gasteiger partial charge in [0, 0.05) is 43.7 Å². The maximum absolute atomic E-state index is 12.0. The van der Waals surface area contributed by atoms with Crippen LogP contribution in [0.3, 0.4) is 0 Å². The van der Waals surface area contributed by atoms with Crippen LogP contribution in [0.5, 0.6) is 17.2 Å². The lowest BCUT2D eigenvalue weighted by Gasteiger charge is -2.28. The zero-order valence-corrected chi connectivity index (χ0v) is 26.9. The quantitative estimate of drug-likeness (QED) is 0.130. The van der Waals surface area contributed by atoms with Gasteiger partial charge in [-0.1, -0.05) is 48.5 Å². The van der Waals surface area contributed by atoms with E-state index in [1.807, 2.05) is 67.6 Å². The van der Waals surface area contributed by atoms with Gasteiger partial charge in [-0.05, 0) is 71.6 Å². The zero-order chi connectivity index (χ0) is 33.2. The summed E-state index contributed by atoms with van der Waals surface area (Å²) < 4.78 is 38.7. The van der Waals surface area contributed by atoms with E-state index in [1.165, 1.54) is 0 Å². The van der Waals surface area contributed by atoms with Crippen LogP contribution in [0.25, 0.3) is 4.85 Å². The molecule has 9 nitrogen and oxygen atoms in total. The van der Waals surface area contributed by atoms with E-state index in [-0.39, 0.29) is 0 Å². The van der Waals surface area contributed by atoms with E-state index < -0.39 is 10.0 Å². The van der Waals surface area contributed by atoms with Crippen LogP contribution in [0.4, 0.5) is 17.1 Å². The molecule has 1 heterocycles. The molecule has 1 N–H and O–H groups in total. The van der Waals surface area contributed by atoms with Crippen LogP contribution in [0.2, 0.25) is 0 Å². The molecule has 47 heavy (non-hydrogen) atoms. The van der Waals surface area contributed by atoms with E-state index in [4.69, 9.17) is 16.0 Å². The highest BCUT2D eigenvalue weighted by atomic mass is 32.2. The fourth-order valence-electron chi connectivity index (χ4n) is 5.03. The van der Waals surface area contributed by atoms with Crippen molar-refractivity contribution in [1.29, 1.82) is 5.26 Å². The molecule has 5 aromatic rings. The predicted octanol–water partition coefficient (Wildman–Crippen LogP) is 7.80. The first-order valence-corrected chi connectivity index (χ1v) is 16.7. The number of nitriles is 1. The van der Waals surface area contributed by atoms with Crippen LogP contribution >= 0.6 is 0 Å². The Kier molecular flexibility index (Phi) is 10.4. The van der Waals surface area contributed by atoms with E-state index in [9.17, 15) is 13.7 Å². The van der Waals surface area contributed by atoms with Gasteiger partial charge in [0.25, 0.3) is 0 Å². The van der Waals surface area contributed by atoms with Gasteiger partial charge in [0.15, 0.2) is 5.69 Å². The molecule has 0 aliphatic rings. The minimum Gasteiger partial charge on any atom is -0.493 e. The summed E-state index contributed by atoms with van der Waals surface area (Å²) in [6, 6.07) is 31.8. The molecule has 0 radical (unpaired) electrons. The van der Waals surface area contributed by atoms with Crippen molar-refractivity contribution in [1.82, 2.24) is 4.98 Å². The van der Waals surface area contributed by atoms with Gasteiger partial charge in [-0.25, -0.2) is 13.3 Å². The Balaban J connectivity index is 1.33. The summed E-state index contributed by atoms with van der Waals surface area (Å²) in [5.74, 6) is 1.63. The second-order valence-electron chi connectivity index (χ2n) is 11.0. The number of nitrogens with zero attached hydrogens (tertiary/aromatic N) is 4. The van der Waals surface area contributed by atoms with Crippen LogP contribution in [0.1, 0.15) is 27.8 Å². The maximum atomic E-state index is 12.0. The lowest BCUT2D eigenvalue weighted by Crippen LogP contribution is -2.23. The third kappa shape index (κ3) is 9.33. The van der Waals surface area contributed by atoms with Crippen LogP contribution in [-0.4, -0.2) is 26.3 Å². The Morgan fingerprint density at radius 1 is 0.894 bits per heavy atom. The Labute approximate surface area is 275 Å². The average molecular weight is 644 g/mol. The topological polar surface area (TPSA) is 109 Å². The molecule has 236 valence electrons. The van der Waals surface area contributed by atoms with Gasteiger partial charge in [-0.15, -0.1) is 0 Å². The van der Waals surface area contributed by atoms with E-state index in [1.54, 1.807) is 48.8 Å². The Hall–Kier alpha value is -5.84.